The molecule has 0 fully saturated rings. The molecule has 36 heavy (non-hydrogen) atoms. The molecule has 4 rings (SSSR count). The van der Waals surface area contributed by atoms with Gasteiger partial charge >= 0.3 is 0 Å². The molecule has 8 heteroatoms. The fourth-order valence-corrected chi connectivity index (χ4v) is 5.40. The average Bonchev–Trinajstić information content (AvgIpc) is 3.20. The highest BCUT2D eigenvalue weighted by Crippen LogP contribution is 2.41. The third-order valence-electron chi connectivity index (χ3n) is 7.34. The summed E-state index contributed by atoms with van der Waals surface area (Å²) in [5.41, 5.74) is 2.64. The van der Waals surface area contributed by atoms with E-state index in [1.807, 2.05) is 48.0 Å². The normalized spacial score (nSPS) is 16.4. The van der Waals surface area contributed by atoms with Crippen molar-refractivity contribution in [2.45, 2.75) is 71.0 Å². The van der Waals surface area contributed by atoms with Crippen molar-refractivity contribution >= 4 is 35.7 Å². The number of hydrogen-bond donors (Lipinski definition) is 2. The van der Waals surface area contributed by atoms with Gasteiger partial charge in [-0.05, 0) is 63.3 Å². The second kappa shape index (κ2) is 10.7. The van der Waals surface area contributed by atoms with E-state index in [9.17, 15) is 4.79 Å². The van der Waals surface area contributed by atoms with E-state index in [2.05, 4.69) is 50.5 Å². The highest BCUT2D eigenvalue weighted by atomic mass is 35.5. The Morgan fingerprint density at radius 3 is 2.50 bits per heavy atom. The maximum Gasteiger partial charge on any atom is 0.257 e. The number of methoxy groups -OCH3 is 1. The molecular formula is C28H36Cl2N4O2. The Hall–Kier alpha value is -2.70. The molecule has 1 amide bonds. The number of carbonyl (C=O) groups excluding carboxylic acids is 1. The quantitative estimate of drug-likeness (QED) is 0.344. The number of fused-ring (bicyclic) bond motifs is 1. The van der Waals surface area contributed by atoms with E-state index in [0.29, 0.717) is 34.9 Å². The van der Waals surface area contributed by atoms with Gasteiger partial charge < -0.3 is 15.4 Å². The van der Waals surface area contributed by atoms with Crippen LogP contribution >= 0.6 is 24.0 Å². The topological polar surface area (TPSA) is 68.2 Å². The maximum atomic E-state index is 13.9. The van der Waals surface area contributed by atoms with Crippen LogP contribution in [0.4, 0.5) is 5.82 Å². The first-order valence-corrected chi connectivity index (χ1v) is 12.6. The zero-order valence-corrected chi connectivity index (χ0v) is 23.4. The second-order valence-electron chi connectivity index (χ2n) is 9.94. The van der Waals surface area contributed by atoms with Crippen LogP contribution in [0.5, 0.6) is 5.75 Å². The summed E-state index contributed by atoms with van der Waals surface area (Å²) in [6.07, 6.45) is 2.30. The average molecular weight is 532 g/mol. The van der Waals surface area contributed by atoms with Gasteiger partial charge in [0, 0.05) is 0 Å². The molecule has 0 saturated heterocycles. The zero-order chi connectivity index (χ0) is 25.4. The van der Waals surface area contributed by atoms with Crippen molar-refractivity contribution in [2.24, 2.45) is 0 Å². The number of nitrogens with zero attached hydrogens (tertiary/aromatic N) is 2. The summed E-state index contributed by atoms with van der Waals surface area (Å²) >= 11 is 6.28. The highest BCUT2D eigenvalue weighted by molar-refractivity contribution is 6.32. The molecule has 2 heterocycles. The standard InChI is InChI=1S/C28H35ClN4O2.ClH/c1-7-28(8-2,20-14-15-21(29)23(16-20)35-6)31-26(34)24-18(3)32-33-25(24)30-22(17-27(33,4)5)19-12-10-9-11-13-19;/h9-16,22,30H,7-8,17H2,1-6H3,(H,31,34);1H/t22-;/m1./s1. The molecular weight excluding hydrogens is 495 g/mol. The number of nitrogens with one attached hydrogen (secondary N) is 2. The highest BCUT2D eigenvalue weighted by Gasteiger charge is 2.39. The van der Waals surface area contributed by atoms with Gasteiger partial charge in [-0.2, -0.15) is 5.10 Å². The van der Waals surface area contributed by atoms with Gasteiger partial charge in [-0.25, -0.2) is 4.68 Å². The molecule has 0 spiro atoms. The van der Waals surface area contributed by atoms with Gasteiger partial charge in [-0.15, -0.1) is 12.4 Å². The lowest BCUT2D eigenvalue weighted by Gasteiger charge is -2.38. The van der Waals surface area contributed by atoms with E-state index in [1.54, 1.807) is 7.11 Å². The van der Waals surface area contributed by atoms with Crippen molar-refractivity contribution in [3.05, 3.63) is 75.9 Å². The number of amides is 1. The van der Waals surface area contributed by atoms with Gasteiger partial charge in [-0.3, -0.25) is 4.79 Å². The predicted octanol–water partition coefficient (Wildman–Crippen LogP) is 7.01. The van der Waals surface area contributed by atoms with Crippen LogP contribution in [-0.4, -0.2) is 22.8 Å². The van der Waals surface area contributed by atoms with Gasteiger partial charge in [-0.1, -0.05) is 61.8 Å². The molecule has 0 aliphatic carbocycles. The number of benzene rings is 2. The number of rotatable bonds is 7. The van der Waals surface area contributed by atoms with Crippen LogP contribution in [0.1, 0.15) is 80.2 Å². The molecule has 1 aliphatic rings. The summed E-state index contributed by atoms with van der Waals surface area (Å²) in [5.74, 6) is 1.22. The van der Waals surface area contributed by atoms with Crippen LogP contribution in [0.25, 0.3) is 0 Å². The van der Waals surface area contributed by atoms with Crippen molar-refractivity contribution in [1.82, 2.24) is 15.1 Å². The second-order valence-corrected chi connectivity index (χ2v) is 10.3. The van der Waals surface area contributed by atoms with E-state index in [0.717, 1.165) is 17.8 Å². The number of aromatic nitrogens is 2. The molecule has 2 aromatic carbocycles. The third-order valence-corrected chi connectivity index (χ3v) is 7.65. The molecule has 0 saturated carbocycles. The zero-order valence-electron chi connectivity index (χ0n) is 21.8. The largest absolute Gasteiger partial charge is 0.495 e. The number of carbonyl (C=O) groups is 1. The van der Waals surface area contributed by atoms with Gasteiger partial charge in [0.2, 0.25) is 0 Å². The van der Waals surface area contributed by atoms with Gasteiger partial charge in [0.25, 0.3) is 5.91 Å². The Bertz CT molecular complexity index is 1220. The van der Waals surface area contributed by atoms with Crippen molar-refractivity contribution in [2.75, 3.05) is 12.4 Å². The minimum absolute atomic E-state index is 0. The van der Waals surface area contributed by atoms with Crippen molar-refractivity contribution in [3.63, 3.8) is 0 Å². The number of aryl methyl sites for hydroxylation is 1. The Kier molecular flexibility index (Phi) is 8.31. The molecule has 0 radical (unpaired) electrons. The number of halogens is 2. The van der Waals surface area contributed by atoms with Crippen LogP contribution in [0, 0.1) is 6.92 Å². The Morgan fingerprint density at radius 2 is 1.89 bits per heavy atom. The third kappa shape index (κ3) is 4.94. The SMILES string of the molecule is CCC(CC)(NC(=O)c1c(C)nn2c1N[C@@H](c1ccccc1)CC2(C)C)c1ccc(Cl)c(OC)c1.Cl. The number of anilines is 1. The Morgan fingerprint density at radius 1 is 1.22 bits per heavy atom. The molecule has 1 atom stereocenters. The minimum Gasteiger partial charge on any atom is -0.495 e. The Labute approximate surface area is 225 Å². The molecule has 3 aromatic rings. The van der Waals surface area contributed by atoms with Crippen LogP contribution in [-0.2, 0) is 11.1 Å². The summed E-state index contributed by atoms with van der Waals surface area (Å²) in [7, 11) is 1.60. The lowest BCUT2D eigenvalue weighted by atomic mass is 9.84. The fraction of sp³-hybridized carbons (Fsp3) is 0.429. The molecule has 2 N–H and O–H groups in total. The number of ether oxygens (including phenoxy) is 1. The number of hydrogen-bond acceptors (Lipinski definition) is 4. The lowest BCUT2D eigenvalue weighted by Crippen LogP contribution is -2.45. The van der Waals surface area contributed by atoms with Gasteiger partial charge in [0.15, 0.2) is 0 Å². The van der Waals surface area contributed by atoms with E-state index >= 15 is 0 Å². The van der Waals surface area contributed by atoms with E-state index in [4.69, 9.17) is 21.4 Å². The van der Waals surface area contributed by atoms with E-state index in [-0.39, 0.29) is 29.9 Å². The van der Waals surface area contributed by atoms with E-state index < -0.39 is 5.54 Å². The predicted molar refractivity (Wildman–Crippen MR) is 149 cm³/mol. The smallest absolute Gasteiger partial charge is 0.257 e. The molecule has 0 bridgehead atoms. The van der Waals surface area contributed by atoms with Crippen LogP contribution in [0.3, 0.4) is 0 Å². The first-order chi connectivity index (χ1) is 16.7. The first kappa shape index (κ1) is 27.9. The maximum absolute atomic E-state index is 13.9. The molecule has 0 unspecified atom stereocenters. The van der Waals surface area contributed by atoms with Gasteiger partial charge in [0.1, 0.15) is 17.1 Å². The van der Waals surface area contributed by atoms with Crippen molar-refractivity contribution in [1.29, 1.82) is 0 Å². The minimum atomic E-state index is -0.570. The summed E-state index contributed by atoms with van der Waals surface area (Å²) in [6, 6.07) is 16.2. The fourth-order valence-electron chi connectivity index (χ4n) is 5.20. The lowest BCUT2D eigenvalue weighted by molar-refractivity contribution is 0.0889. The summed E-state index contributed by atoms with van der Waals surface area (Å²) in [4.78, 5) is 13.9. The van der Waals surface area contributed by atoms with Crippen molar-refractivity contribution < 1.29 is 9.53 Å². The molecule has 194 valence electrons. The van der Waals surface area contributed by atoms with Crippen LogP contribution < -0.4 is 15.4 Å². The first-order valence-electron chi connectivity index (χ1n) is 12.2. The summed E-state index contributed by atoms with van der Waals surface area (Å²) in [5, 5.41) is 12.3. The van der Waals surface area contributed by atoms with Crippen molar-refractivity contribution in [3.8, 4) is 5.75 Å². The van der Waals surface area contributed by atoms with Gasteiger partial charge in [0.05, 0.1) is 34.9 Å². The summed E-state index contributed by atoms with van der Waals surface area (Å²) in [6.45, 7) is 10.4. The van der Waals surface area contributed by atoms with Crippen LogP contribution in [0.2, 0.25) is 5.02 Å². The molecule has 1 aliphatic heterocycles. The Balaban J connectivity index is 0.00000361. The van der Waals surface area contributed by atoms with E-state index in [1.165, 1.54) is 5.56 Å². The monoisotopic (exact) mass is 530 g/mol. The van der Waals surface area contributed by atoms with Crippen LogP contribution in [0.15, 0.2) is 48.5 Å². The molecule has 6 nitrogen and oxygen atoms in total. The summed E-state index contributed by atoms with van der Waals surface area (Å²) < 4.78 is 7.42. The molecule has 1 aromatic heterocycles.